The normalized spacial score (nSPS) is 30.6. The fourth-order valence-electron chi connectivity index (χ4n) is 4.24. The second-order valence-corrected chi connectivity index (χ2v) is 7.53. The molecule has 1 amide bonds. The monoisotopic (exact) mass is 346 g/mol. The number of carbonyl (C=O) groups excluding carboxylic acids is 1. The highest BCUT2D eigenvalue weighted by Gasteiger charge is 2.46. The number of hydrogen-bond acceptors (Lipinski definition) is 5. The molecule has 2 aliphatic carbocycles. The Morgan fingerprint density at radius 3 is 2.88 bits per heavy atom. The number of nitrogens with zero attached hydrogens (tertiary/aromatic N) is 2. The molecule has 1 saturated heterocycles. The van der Waals surface area contributed by atoms with E-state index in [1.807, 2.05) is 17.0 Å². The summed E-state index contributed by atoms with van der Waals surface area (Å²) in [7, 11) is 0. The summed E-state index contributed by atoms with van der Waals surface area (Å²) in [4.78, 5) is 18.7. The molecule has 1 aliphatic heterocycles. The van der Waals surface area contributed by atoms with Crippen molar-refractivity contribution in [1.29, 1.82) is 0 Å². The maximum atomic E-state index is 12.8. The van der Waals surface area contributed by atoms with Gasteiger partial charge in [0.05, 0.1) is 37.4 Å². The van der Waals surface area contributed by atoms with Crippen molar-refractivity contribution in [3.05, 3.63) is 30.1 Å². The fourth-order valence-corrected chi connectivity index (χ4v) is 4.24. The van der Waals surface area contributed by atoms with Crippen molar-refractivity contribution in [2.24, 2.45) is 0 Å². The Bertz CT molecular complexity index is 605. The Labute approximate surface area is 148 Å². The van der Waals surface area contributed by atoms with E-state index in [9.17, 15) is 9.90 Å². The number of carbonyl (C=O) groups is 1. The minimum absolute atomic E-state index is 0.0378. The third kappa shape index (κ3) is 3.57. The van der Waals surface area contributed by atoms with Gasteiger partial charge in [0.15, 0.2) is 0 Å². The number of hydrogen-bond donors (Lipinski definition) is 1. The Balaban J connectivity index is 1.43. The number of rotatable bonds is 5. The van der Waals surface area contributed by atoms with Gasteiger partial charge in [-0.2, -0.15) is 0 Å². The van der Waals surface area contributed by atoms with Gasteiger partial charge in [-0.1, -0.05) is 0 Å². The number of aliphatic hydroxyl groups is 1. The lowest BCUT2D eigenvalue weighted by Gasteiger charge is -2.39. The smallest absolute Gasteiger partial charge is 0.225 e. The fraction of sp³-hybridized carbons (Fsp3) is 0.684. The summed E-state index contributed by atoms with van der Waals surface area (Å²) in [6.07, 6.45) is 7.98. The first-order valence-electron chi connectivity index (χ1n) is 9.29. The van der Waals surface area contributed by atoms with E-state index in [2.05, 4.69) is 4.98 Å². The van der Waals surface area contributed by atoms with E-state index in [0.29, 0.717) is 19.8 Å². The van der Waals surface area contributed by atoms with Gasteiger partial charge in [-0.15, -0.1) is 0 Å². The topological polar surface area (TPSA) is 71.9 Å². The summed E-state index contributed by atoms with van der Waals surface area (Å²) < 4.78 is 12.1. The Hall–Kier alpha value is -1.50. The number of aromatic nitrogens is 1. The molecule has 3 atom stereocenters. The number of fused-ring (bicyclic) bond motifs is 2. The molecule has 2 heterocycles. The molecular formula is C19H26N2O4. The van der Waals surface area contributed by atoms with Gasteiger partial charge < -0.3 is 19.5 Å². The molecule has 6 nitrogen and oxygen atoms in total. The lowest BCUT2D eigenvalue weighted by atomic mass is 9.77. The van der Waals surface area contributed by atoms with Crippen LogP contribution in [-0.2, 0) is 20.9 Å². The summed E-state index contributed by atoms with van der Waals surface area (Å²) in [5.74, 6) is 0.0378. The van der Waals surface area contributed by atoms with Crippen molar-refractivity contribution in [3.63, 3.8) is 0 Å². The van der Waals surface area contributed by atoms with Crippen molar-refractivity contribution >= 4 is 5.91 Å². The highest BCUT2D eigenvalue weighted by Crippen LogP contribution is 2.37. The highest BCUT2D eigenvalue weighted by molar-refractivity contribution is 5.78. The van der Waals surface area contributed by atoms with Crippen LogP contribution < -0.4 is 0 Å². The Morgan fingerprint density at radius 1 is 1.36 bits per heavy atom. The number of amides is 1. The predicted molar refractivity (Wildman–Crippen MR) is 90.7 cm³/mol. The lowest BCUT2D eigenvalue weighted by Crippen LogP contribution is -2.50. The predicted octanol–water partition coefficient (Wildman–Crippen LogP) is 1.66. The number of pyridine rings is 1. The van der Waals surface area contributed by atoms with Crippen LogP contribution in [0.3, 0.4) is 0 Å². The van der Waals surface area contributed by atoms with Crippen LogP contribution in [0.15, 0.2) is 24.5 Å². The van der Waals surface area contributed by atoms with E-state index in [1.54, 1.807) is 12.4 Å². The SMILES string of the molecule is O=C(CC1(O)CCC1)N1CCOC2CCC1C2OCc1ccncc1. The van der Waals surface area contributed by atoms with Gasteiger partial charge in [0.25, 0.3) is 0 Å². The summed E-state index contributed by atoms with van der Waals surface area (Å²) in [6.45, 7) is 1.63. The standard InChI is InChI=1S/C19H26N2O4/c22-17(12-19(23)6-1-7-19)21-10-11-24-16-3-2-15(21)18(16)25-13-14-4-8-20-9-5-14/h4-5,8-9,15-16,18,23H,1-3,6-7,10-13H2. The third-order valence-electron chi connectivity index (χ3n) is 5.83. The molecule has 2 bridgehead atoms. The summed E-state index contributed by atoms with van der Waals surface area (Å²) in [6, 6.07) is 3.92. The van der Waals surface area contributed by atoms with Gasteiger partial charge >= 0.3 is 0 Å². The van der Waals surface area contributed by atoms with E-state index in [1.165, 1.54) is 0 Å². The molecule has 25 heavy (non-hydrogen) atoms. The van der Waals surface area contributed by atoms with Crippen LogP contribution in [0.4, 0.5) is 0 Å². The molecule has 4 rings (SSSR count). The minimum atomic E-state index is -0.782. The van der Waals surface area contributed by atoms with Gasteiger partial charge in [-0.05, 0) is 49.8 Å². The molecular weight excluding hydrogens is 320 g/mol. The largest absolute Gasteiger partial charge is 0.389 e. The van der Waals surface area contributed by atoms with Crippen LogP contribution in [0.1, 0.15) is 44.1 Å². The van der Waals surface area contributed by atoms with Crippen LogP contribution in [0.2, 0.25) is 0 Å². The Kier molecular flexibility index (Phi) is 4.75. The zero-order valence-corrected chi connectivity index (χ0v) is 14.5. The maximum Gasteiger partial charge on any atom is 0.225 e. The summed E-state index contributed by atoms with van der Waals surface area (Å²) in [5, 5.41) is 10.4. The second-order valence-electron chi connectivity index (χ2n) is 7.53. The first-order valence-corrected chi connectivity index (χ1v) is 9.29. The molecule has 3 unspecified atom stereocenters. The van der Waals surface area contributed by atoms with Crippen LogP contribution in [-0.4, -0.2) is 57.9 Å². The van der Waals surface area contributed by atoms with Crippen molar-refractivity contribution in [1.82, 2.24) is 9.88 Å². The van der Waals surface area contributed by atoms with Gasteiger partial charge in [-0.3, -0.25) is 9.78 Å². The Morgan fingerprint density at radius 2 is 2.16 bits per heavy atom. The molecule has 1 N–H and O–H groups in total. The highest BCUT2D eigenvalue weighted by atomic mass is 16.5. The van der Waals surface area contributed by atoms with Crippen LogP contribution in [0.25, 0.3) is 0 Å². The molecule has 3 aliphatic rings. The zero-order valence-electron chi connectivity index (χ0n) is 14.5. The van der Waals surface area contributed by atoms with Gasteiger partial charge in [0.2, 0.25) is 5.91 Å². The first kappa shape index (κ1) is 16.9. The molecule has 1 aromatic rings. The van der Waals surface area contributed by atoms with E-state index in [4.69, 9.17) is 9.47 Å². The number of ether oxygens (including phenoxy) is 2. The average molecular weight is 346 g/mol. The van der Waals surface area contributed by atoms with Crippen LogP contribution in [0, 0.1) is 0 Å². The van der Waals surface area contributed by atoms with Crippen molar-refractivity contribution in [2.45, 2.75) is 69.0 Å². The quantitative estimate of drug-likeness (QED) is 0.878. The first-order chi connectivity index (χ1) is 12.1. The van der Waals surface area contributed by atoms with Crippen molar-refractivity contribution < 1.29 is 19.4 Å². The van der Waals surface area contributed by atoms with Gasteiger partial charge in [-0.25, -0.2) is 0 Å². The molecule has 2 saturated carbocycles. The lowest BCUT2D eigenvalue weighted by molar-refractivity contribution is -0.145. The third-order valence-corrected chi connectivity index (χ3v) is 5.83. The maximum absolute atomic E-state index is 12.8. The van der Waals surface area contributed by atoms with Crippen molar-refractivity contribution in [2.75, 3.05) is 13.2 Å². The van der Waals surface area contributed by atoms with Crippen LogP contribution in [0.5, 0.6) is 0 Å². The van der Waals surface area contributed by atoms with Gasteiger partial charge in [0, 0.05) is 18.9 Å². The minimum Gasteiger partial charge on any atom is -0.389 e. The van der Waals surface area contributed by atoms with E-state index in [0.717, 1.165) is 37.7 Å². The molecule has 0 spiro atoms. The molecule has 3 fully saturated rings. The molecule has 136 valence electrons. The summed E-state index contributed by atoms with van der Waals surface area (Å²) >= 11 is 0. The molecule has 0 radical (unpaired) electrons. The summed E-state index contributed by atoms with van der Waals surface area (Å²) in [5.41, 5.74) is 0.288. The van der Waals surface area contributed by atoms with E-state index < -0.39 is 5.60 Å². The molecule has 6 heteroatoms. The second kappa shape index (κ2) is 7.02. The van der Waals surface area contributed by atoms with Gasteiger partial charge in [0.1, 0.15) is 6.10 Å². The van der Waals surface area contributed by atoms with E-state index >= 15 is 0 Å². The van der Waals surface area contributed by atoms with Crippen LogP contribution >= 0.6 is 0 Å². The molecule has 1 aromatic heterocycles. The molecule has 0 aromatic carbocycles. The van der Waals surface area contributed by atoms with E-state index in [-0.39, 0.29) is 30.6 Å². The van der Waals surface area contributed by atoms with Crippen molar-refractivity contribution in [3.8, 4) is 0 Å². The average Bonchev–Trinajstić information content (AvgIpc) is 2.87. The zero-order chi connectivity index (χ0) is 17.3.